The average molecular weight is 244 g/mol. The molecule has 0 spiro atoms. The van der Waals surface area contributed by atoms with Crippen molar-refractivity contribution in [1.29, 1.82) is 0 Å². The molecule has 98 valence electrons. The predicted octanol–water partition coefficient (Wildman–Crippen LogP) is 0.431. The third kappa shape index (κ3) is 4.70. The number of rotatable bonds is 6. The fourth-order valence-electron chi connectivity index (χ4n) is 2.27. The third-order valence-electron chi connectivity index (χ3n) is 3.22. The molecule has 6 nitrogen and oxygen atoms in total. The van der Waals surface area contributed by atoms with Gasteiger partial charge in [0.15, 0.2) is 6.61 Å². The van der Waals surface area contributed by atoms with Gasteiger partial charge in [0.2, 0.25) is 5.91 Å². The Kier molecular flexibility index (Phi) is 5.37. The van der Waals surface area contributed by atoms with Crippen molar-refractivity contribution in [2.75, 3.05) is 13.7 Å². The number of nitrogens with one attached hydrogen (secondary N) is 2. The van der Waals surface area contributed by atoms with Crippen molar-refractivity contribution < 1.29 is 19.5 Å². The van der Waals surface area contributed by atoms with Crippen molar-refractivity contribution >= 4 is 11.9 Å². The standard InChI is InChI=1S/C11H20N2O4/c1-12-11(5-3-2-4-6-11)7-9(14)13-17-8-10(15)16/h12H,2-8H2,1H3,(H,13,14)(H,15,16). The fourth-order valence-corrected chi connectivity index (χ4v) is 2.27. The summed E-state index contributed by atoms with van der Waals surface area (Å²) in [5, 5.41) is 11.6. The summed E-state index contributed by atoms with van der Waals surface area (Å²) in [6.45, 7) is -0.516. The first-order valence-corrected chi connectivity index (χ1v) is 5.89. The number of hydroxylamine groups is 1. The van der Waals surface area contributed by atoms with Crippen molar-refractivity contribution in [2.45, 2.75) is 44.1 Å². The van der Waals surface area contributed by atoms with E-state index < -0.39 is 12.6 Å². The molecule has 1 fully saturated rings. The smallest absolute Gasteiger partial charge is 0.332 e. The summed E-state index contributed by atoms with van der Waals surface area (Å²) in [6.07, 6.45) is 5.70. The van der Waals surface area contributed by atoms with E-state index in [-0.39, 0.29) is 11.4 Å². The highest BCUT2D eigenvalue weighted by Crippen LogP contribution is 2.30. The normalized spacial score (nSPS) is 18.6. The summed E-state index contributed by atoms with van der Waals surface area (Å²) >= 11 is 0. The average Bonchev–Trinajstić information content (AvgIpc) is 2.29. The van der Waals surface area contributed by atoms with Gasteiger partial charge in [-0.05, 0) is 19.9 Å². The van der Waals surface area contributed by atoms with Crippen molar-refractivity contribution in [3.05, 3.63) is 0 Å². The summed E-state index contributed by atoms with van der Waals surface area (Å²) < 4.78 is 0. The Morgan fingerprint density at radius 3 is 2.47 bits per heavy atom. The van der Waals surface area contributed by atoms with Crippen LogP contribution in [0.3, 0.4) is 0 Å². The molecule has 0 heterocycles. The fraction of sp³-hybridized carbons (Fsp3) is 0.818. The van der Waals surface area contributed by atoms with E-state index in [1.54, 1.807) is 0 Å². The monoisotopic (exact) mass is 244 g/mol. The Labute approximate surface area is 101 Å². The van der Waals surface area contributed by atoms with Gasteiger partial charge in [-0.3, -0.25) is 9.63 Å². The SMILES string of the molecule is CNC1(CC(=O)NOCC(=O)O)CCCCC1. The maximum atomic E-state index is 11.6. The number of amides is 1. The molecule has 0 saturated heterocycles. The first kappa shape index (κ1) is 13.9. The molecule has 3 N–H and O–H groups in total. The lowest BCUT2D eigenvalue weighted by Gasteiger charge is -2.36. The van der Waals surface area contributed by atoms with Gasteiger partial charge in [0.05, 0.1) is 0 Å². The van der Waals surface area contributed by atoms with Crippen LogP contribution in [0.4, 0.5) is 0 Å². The van der Waals surface area contributed by atoms with Crippen LogP contribution < -0.4 is 10.8 Å². The van der Waals surface area contributed by atoms with Crippen LogP contribution in [0.25, 0.3) is 0 Å². The Balaban J connectivity index is 2.34. The molecule has 0 aromatic rings. The number of hydrogen-bond acceptors (Lipinski definition) is 4. The Morgan fingerprint density at radius 2 is 1.94 bits per heavy atom. The number of carboxylic acids is 1. The third-order valence-corrected chi connectivity index (χ3v) is 3.22. The predicted molar refractivity (Wildman–Crippen MR) is 61.2 cm³/mol. The minimum atomic E-state index is -1.11. The molecule has 0 unspecified atom stereocenters. The molecule has 0 atom stereocenters. The molecule has 0 aliphatic heterocycles. The van der Waals surface area contributed by atoms with Crippen LogP contribution in [0.1, 0.15) is 38.5 Å². The lowest BCUT2D eigenvalue weighted by atomic mass is 9.79. The van der Waals surface area contributed by atoms with E-state index in [2.05, 4.69) is 15.6 Å². The molecule has 1 amide bonds. The second kappa shape index (κ2) is 6.56. The van der Waals surface area contributed by atoms with Crippen LogP contribution in [0, 0.1) is 0 Å². The van der Waals surface area contributed by atoms with Gasteiger partial charge in [0.1, 0.15) is 0 Å². The quantitative estimate of drug-likeness (QED) is 0.590. The highest BCUT2D eigenvalue weighted by Gasteiger charge is 2.32. The molecule has 0 aromatic heterocycles. The highest BCUT2D eigenvalue weighted by atomic mass is 16.7. The topological polar surface area (TPSA) is 87.7 Å². The van der Waals surface area contributed by atoms with E-state index in [0.717, 1.165) is 25.7 Å². The second-order valence-electron chi connectivity index (χ2n) is 4.48. The minimum absolute atomic E-state index is 0.158. The summed E-state index contributed by atoms with van der Waals surface area (Å²) in [4.78, 5) is 26.4. The van der Waals surface area contributed by atoms with Gasteiger partial charge >= 0.3 is 5.97 Å². The Bertz CT molecular complexity index is 275. The highest BCUT2D eigenvalue weighted by molar-refractivity contribution is 5.76. The van der Waals surface area contributed by atoms with Crippen LogP contribution in [-0.4, -0.2) is 36.2 Å². The van der Waals surface area contributed by atoms with Crippen LogP contribution >= 0.6 is 0 Å². The van der Waals surface area contributed by atoms with Crippen molar-refractivity contribution in [3.63, 3.8) is 0 Å². The number of hydrogen-bond donors (Lipinski definition) is 3. The van der Waals surface area contributed by atoms with Gasteiger partial charge in [-0.1, -0.05) is 19.3 Å². The zero-order valence-electron chi connectivity index (χ0n) is 10.1. The number of carbonyl (C=O) groups is 2. The number of aliphatic carboxylic acids is 1. The maximum Gasteiger partial charge on any atom is 0.332 e. The zero-order chi connectivity index (χ0) is 12.7. The van der Waals surface area contributed by atoms with Gasteiger partial charge < -0.3 is 10.4 Å². The lowest BCUT2D eigenvalue weighted by Crippen LogP contribution is -2.48. The van der Waals surface area contributed by atoms with Gasteiger partial charge in [-0.2, -0.15) is 0 Å². The van der Waals surface area contributed by atoms with E-state index in [1.165, 1.54) is 6.42 Å². The zero-order valence-corrected chi connectivity index (χ0v) is 10.1. The van der Waals surface area contributed by atoms with E-state index in [9.17, 15) is 9.59 Å². The van der Waals surface area contributed by atoms with Gasteiger partial charge in [-0.25, -0.2) is 10.3 Å². The molecule has 1 saturated carbocycles. The van der Waals surface area contributed by atoms with Crippen LogP contribution in [-0.2, 0) is 14.4 Å². The summed E-state index contributed by atoms with van der Waals surface area (Å²) in [5.74, 6) is -1.38. The van der Waals surface area contributed by atoms with E-state index in [0.29, 0.717) is 6.42 Å². The molecule has 1 aliphatic rings. The van der Waals surface area contributed by atoms with Crippen LogP contribution in [0.5, 0.6) is 0 Å². The molecule has 0 radical (unpaired) electrons. The molecular formula is C11H20N2O4. The first-order valence-electron chi connectivity index (χ1n) is 5.89. The summed E-state index contributed by atoms with van der Waals surface area (Å²) in [6, 6.07) is 0. The van der Waals surface area contributed by atoms with Gasteiger partial charge in [-0.15, -0.1) is 0 Å². The van der Waals surface area contributed by atoms with Crippen LogP contribution in [0.2, 0.25) is 0 Å². The van der Waals surface area contributed by atoms with Crippen LogP contribution in [0.15, 0.2) is 0 Å². The molecule has 1 aliphatic carbocycles. The molecule has 6 heteroatoms. The van der Waals surface area contributed by atoms with Crippen molar-refractivity contribution in [3.8, 4) is 0 Å². The minimum Gasteiger partial charge on any atom is -0.479 e. The summed E-state index contributed by atoms with van der Waals surface area (Å²) in [5.41, 5.74) is 2.00. The molecular weight excluding hydrogens is 224 g/mol. The molecule has 0 aromatic carbocycles. The van der Waals surface area contributed by atoms with E-state index in [1.807, 2.05) is 7.05 Å². The molecule has 0 bridgehead atoms. The second-order valence-corrected chi connectivity index (χ2v) is 4.48. The van der Waals surface area contributed by atoms with E-state index in [4.69, 9.17) is 5.11 Å². The van der Waals surface area contributed by atoms with Gasteiger partial charge in [0.25, 0.3) is 0 Å². The van der Waals surface area contributed by atoms with E-state index >= 15 is 0 Å². The number of carbonyl (C=O) groups excluding carboxylic acids is 1. The molecule has 1 rings (SSSR count). The molecule has 17 heavy (non-hydrogen) atoms. The van der Waals surface area contributed by atoms with Gasteiger partial charge in [0, 0.05) is 12.0 Å². The lowest BCUT2D eigenvalue weighted by molar-refractivity contribution is -0.149. The summed E-state index contributed by atoms with van der Waals surface area (Å²) in [7, 11) is 1.86. The largest absolute Gasteiger partial charge is 0.479 e. The van der Waals surface area contributed by atoms with Crippen molar-refractivity contribution in [2.24, 2.45) is 0 Å². The number of carboxylic acid groups (broad SMARTS) is 1. The first-order chi connectivity index (χ1) is 8.08. The Hall–Kier alpha value is -1.14. The maximum absolute atomic E-state index is 11.6. The van der Waals surface area contributed by atoms with Crippen molar-refractivity contribution in [1.82, 2.24) is 10.8 Å². The Morgan fingerprint density at radius 1 is 1.29 bits per heavy atom.